The van der Waals surface area contributed by atoms with Gasteiger partial charge in [-0.05, 0) is 116 Å². The van der Waals surface area contributed by atoms with Crippen molar-refractivity contribution in [2.45, 2.75) is 335 Å². The molecule has 0 N–H and O–H groups in total. The summed E-state index contributed by atoms with van der Waals surface area (Å²) in [5.74, 6) is -0.893. The Balaban J connectivity index is 4.38. The highest BCUT2D eigenvalue weighted by Gasteiger charge is 2.19. The molecule has 0 aliphatic rings. The average Bonchev–Trinajstić information content (AvgIpc) is 3.43. The lowest BCUT2D eigenvalue weighted by Crippen LogP contribution is -2.30. The van der Waals surface area contributed by atoms with Crippen molar-refractivity contribution in [2.75, 3.05) is 13.2 Å². The lowest BCUT2D eigenvalue weighted by molar-refractivity contribution is -0.167. The Morgan fingerprint density at radius 1 is 0.273 bits per heavy atom. The van der Waals surface area contributed by atoms with Gasteiger partial charge in [-0.15, -0.1) is 0 Å². The van der Waals surface area contributed by atoms with E-state index in [1.807, 2.05) is 0 Å². The minimum Gasteiger partial charge on any atom is -0.462 e. The normalized spacial score (nSPS) is 12.6. The second kappa shape index (κ2) is 65.1. The summed E-state index contributed by atoms with van der Waals surface area (Å²) in [6.45, 7) is 6.52. The lowest BCUT2D eigenvalue weighted by Gasteiger charge is -2.18. The maximum Gasteiger partial charge on any atom is 0.306 e. The van der Waals surface area contributed by atoms with Crippen LogP contribution in [0.2, 0.25) is 0 Å². The van der Waals surface area contributed by atoms with Gasteiger partial charge in [-0.25, -0.2) is 0 Å². The fourth-order valence-corrected chi connectivity index (χ4v) is 9.40. The maximum absolute atomic E-state index is 12.9. The Labute approximate surface area is 477 Å². The summed E-state index contributed by atoms with van der Waals surface area (Å²) in [4.78, 5) is 38.4. The summed E-state index contributed by atoms with van der Waals surface area (Å²) in [7, 11) is 0. The summed E-state index contributed by atoms with van der Waals surface area (Å²) >= 11 is 0. The van der Waals surface area contributed by atoms with E-state index >= 15 is 0 Å². The van der Waals surface area contributed by atoms with Gasteiger partial charge in [0.15, 0.2) is 6.10 Å². The van der Waals surface area contributed by atoms with Crippen LogP contribution in [0.3, 0.4) is 0 Å². The fraction of sp³-hybridized carbons (Fsp3) is 0.761. The van der Waals surface area contributed by atoms with Crippen molar-refractivity contribution in [3.63, 3.8) is 0 Å². The van der Waals surface area contributed by atoms with Gasteiger partial charge in [0, 0.05) is 19.3 Å². The minimum atomic E-state index is -0.790. The smallest absolute Gasteiger partial charge is 0.306 e. The first-order chi connectivity index (χ1) is 38.0. The molecule has 0 aromatic carbocycles. The molecule has 77 heavy (non-hydrogen) atoms. The van der Waals surface area contributed by atoms with Crippen LogP contribution in [0.5, 0.6) is 0 Å². The SMILES string of the molecule is CC/C=C\C/C=C\C/C=C\C/C=C\CCCCCCCCC(=O)OC(COC(=O)CCCCCCCCC/C=C\C/C=C\CCCCC)COC(=O)CCCCCCCCCCCCC/C=C\CCCCCCCCCC. The highest BCUT2D eigenvalue weighted by atomic mass is 16.6. The van der Waals surface area contributed by atoms with Gasteiger partial charge in [0.25, 0.3) is 0 Å². The molecule has 0 saturated carbocycles. The van der Waals surface area contributed by atoms with Crippen LogP contribution in [-0.4, -0.2) is 37.2 Å². The molecule has 0 bridgehead atoms. The van der Waals surface area contributed by atoms with E-state index in [0.29, 0.717) is 19.3 Å². The third-order valence-electron chi connectivity index (χ3n) is 14.4. The second-order valence-electron chi connectivity index (χ2n) is 22.0. The first kappa shape index (κ1) is 73.6. The molecule has 0 amide bonds. The van der Waals surface area contributed by atoms with Crippen LogP contribution in [-0.2, 0) is 28.6 Å². The molecule has 1 atom stereocenters. The van der Waals surface area contributed by atoms with Crippen molar-refractivity contribution in [3.05, 3.63) is 85.1 Å². The van der Waals surface area contributed by atoms with E-state index in [4.69, 9.17) is 14.2 Å². The Morgan fingerprint density at radius 3 is 0.831 bits per heavy atom. The zero-order chi connectivity index (χ0) is 55.7. The monoisotopic (exact) mass is 1070 g/mol. The zero-order valence-corrected chi connectivity index (χ0v) is 51.0. The van der Waals surface area contributed by atoms with Gasteiger partial charge in [0.1, 0.15) is 13.2 Å². The van der Waals surface area contributed by atoms with Crippen LogP contribution in [0.4, 0.5) is 0 Å². The molecule has 0 spiro atoms. The predicted molar refractivity (Wildman–Crippen MR) is 334 cm³/mol. The molecule has 0 fully saturated rings. The number of esters is 3. The van der Waals surface area contributed by atoms with Gasteiger partial charge in [-0.2, -0.15) is 0 Å². The van der Waals surface area contributed by atoms with Crippen LogP contribution in [0.25, 0.3) is 0 Å². The molecule has 0 aromatic heterocycles. The van der Waals surface area contributed by atoms with E-state index in [9.17, 15) is 14.4 Å². The lowest BCUT2D eigenvalue weighted by atomic mass is 10.0. The number of carbonyl (C=O) groups is 3. The maximum atomic E-state index is 12.9. The number of ether oxygens (including phenoxy) is 3. The Morgan fingerprint density at radius 2 is 0.506 bits per heavy atom. The number of allylic oxidation sites excluding steroid dienone is 14. The van der Waals surface area contributed by atoms with Crippen molar-refractivity contribution in [1.29, 1.82) is 0 Å². The number of rotatable bonds is 60. The Bertz CT molecular complexity index is 1470. The summed E-state index contributed by atoms with van der Waals surface area (Å²) in [5.41, 5.74) is 0. The third-order valence-corrected chi connectivity index (χ3v) is 14.4. The second-order valence-corrected chi connectivity index (χ2v) is 22.0. The average molecular weight is 1070 g/mol. The zero-order valence-electron chi connectivity index (χ0n) is 51.0. The summed E-state index contributed by atoms with van der Waals surface area (Å²) in [6.07, 6.45) is 85.9. The molecule has 0 rings (SSSR count). The standard InChI is InChI=1S/C71H124O6/c1-4-7-10-13-16-19-22-25-28-31-33-34-35-36-38-40-43-46-49-52-55-58-61-64-70(73)76-67-68(66-75-69(72)63-60-57-54-51-48-45-42-39-30-27-24-21-18-15-12-9-6-3)77-71(74)65-62-59-56-53-50-47-44-41-37-32-29-26-23-20-17-14-11-8-5-2/h8,11,17-18,20-21,26-27,29-31,33,37,41,68H,4-7,9-10,12-16,19,22-25,28,32,34-36,38-40,42-67H2,1-3H3/b11-8-,20-17-,21-18-,29-26-,30-27-,33-31-,41-37-. The highest BCUT2D eigenvalue weighted by molar-refractivity contribution is 5.71. The molecule has 0 radical (unpaired) electrons. The minimum absolute atomic E-state index is 0.0842. The highest BCUT2D eigenvalue weighted by Crippen LogP contribution is 2.16. The molecule has 1 unspecified atom stereocenters. The van der Waals surface area contributed by atoms with Crippen molar-refractivity contribution in [3.8, 4) is 0 Å². The summed E-state index contributed by atoms with van der Waals surface area (Å²) < 4.78 is 17.0. The van der Waals surface area contributed by atoms with E-state index < -0.39 is 6.10 Å². The van der Waals surface area contributed by atoms with Crippen molar-refractivity contribution in [2.24, 2.45) is 0 Å². The molecular formula is C71H124O6. The van der Waals surface area contributed by atoms with Gasteiger partial charge >= 0.3 is 17.9 Å². The van der Waals surface area contributed by atoms with Crippen molar-refractivity contribution >= 4 is 17.9 Å². The number of unbranched alkanes of at least 4 members (excludes halogenated alkanes) is 35. The first-order valence-electron chi connectivity index (χ1n) is 33.1. The Hall–Kier alpha value is -3.41. The molecule has 444 valence electrons. The van der Waals surface area contributed by atoms with Crippen molar-refractivity contribution < 1.29 is 28.6 Å². The van der Waals surface area contributed by atoms with E-state index in [-0.39, 0.29) is 31.1 Å². The number of carbonyl (C=O) groups excluding carboxylic acids is 3. The molecule has 6 heteroatoms. The first-order valence-corrected chi connectivity index (χ1v) is 33.1. The summed E-state index contributed by atoms with van der Waals surface area (Å²) in [5, 5.41) is 0. The topological polar surface area (TPSA) is 78.9 Å². The van der Waals surface area contributed by atoms with Crippen molar-refractivity contribution in [1.82, 2.24) is 0 Å². The Kier molecular flexibility index (Phi) is 62.2. The molecule has 0 aromatic rings. The van der Waals surface area contributed by atoms with Crippen LogP contribution in [0, 0.1) is 0 Å². The quantitative estimate of drug-likeness (QED) is 0.0261. The van der Waals surface area contributed by atoms with Gasteiger partial charge < -0.3 is 14.2 Å². The fourth-order valence-electron chi connectivity index (χ4n) is 9.40. The van der Waals surface area contributed by atoms with Gasteiger partial charge in [-0.1, -0.05) is 279 Å². The summed E-state index contributed by atoms with van der Waals surface area (Å²) in [6, 6.07) is 0. The largest absolute Gasteiger partial charge is 0.462 e. The van der Waals surface area contributed by atoms with E-state index in [1.165, 1.54) is 180 Å². The molecule has 0 aliphatic carbocycles. The van der Waals surface area contributed by atoms with Crippen LogP contribution in [0.15, 0.2) is 85.1 Å². The van der Waals surface area contributed by atoms with E-state index in [0.717, 1.165) is 109 Å². The number of hydrogen-bond acceptors (Lipinski definition) is 6. The molecule has 0 heterocycles. The van der Waals surface area contributed by atoms with E-state index in [1.54, 1.807) is 0 Å². The van der Waals surface area contributed by atoms with Gasteiger partial charge in [0.2, 0.25) is 0 Å². The van der Waals surface area contributed by atoms with Crippen LogP contribution >= 0.6 is 0 Å². The van der Waals surface area contributed by atoms with Crippen LogP contribution in [0.1, 0.15) is 329 Å². The predicted octanol–water partition coefficient (Wildman–Crippen LogP) is 22.7. The molecular weight excluding hydrogens is 949 g/mol. The van der Waals surface area contributed by atoms with Gasteiger partial charge in [-0.3, -0.25) is 14.4 Å². The molecule has 0 aliphatic heterocycles. The molecule has 0 saturated heterocycles. The number of hydrogen-bond donors (Lipinski definition) is 0. The third kappa shape index (κ3) is 63.3. The van der Waals surface area contributed by atoms with Crippen LogP contribution < -0.4 is 0 Å². The molecule has 6 nitrogen and oxygen atoms in total. The van der Waals surface area contributed by atoms with E-state index in [2.05, 4.69) is 106 Å². The van der Waals surface area contributed by atoms with Gasteiger partial charge in [0.05, 0.1) is 0 Å².